The molecule has 5 heteroatoms. The molecule has 150 valence electrons. The first kappa shape index (κ1) is 19.9. The highest BCUT2D eigenvalue weighted by Crippen LogP contribution is 2.26. The average molecular weight is 406 g/mol. The topological polar surface area (TPSA) is 89.6 Å². The van der Waals surface area contributed by atoms with Crippen LogP contribution < -0.4 is 5.73 Å². The van der Waals surface area contributed by atoms with Gasteiger partial charge in [-0.2, -0.15) is 0 Å². The number of ketones is 3. The number of hydrogen-bond acceptors (Lipinski definition) is 5. The summed E-state index contributed by atoms with van der Waals surface area (Å²) in [5.41, 5.74) is 7.80. The van der Waals surface area contributed by atoms with Gasteiger partial charge in [-0.3, -0.25) is 14.4 Å². The lowest BCUT2D eigenvalue weighted by Crippen LogP contribution is -2.25. The number of para-hydroxylation sites is 1. The van der Waals surface area contributed by atoms with E-state index in [4.69, 9.17) is 5.73 Å². The van der Waals surface area contributed by atoms with Crippen LogP contribution in [0.25, 0.3) is 0 Å². The fourth-order valence-corrected chi connectivity index (χ4v) is 3.29. The van der Waals surface area contributed by atoms with E-state index in [0.717, 1.165) is 0 Å². The van der Waals surface area contributed by atoms with Crippen LogP contribution in [0.2, 0.25) is 0 Å². The molecule has 3 aromatic rings. The molecule has 0 aromatic heterocycles. The molecule has 5 nitrogen and oxygen atoms in total. The van der Waals surface area contributed by atoms with Crippen molar-refractivity contribution in [3.8, 4) is 0 Å². The third-order valence-corrected chi connectivity index (χ3v) is 4.87. The molecule has 3 aromatic carbocycles. The number of aliphatic imine (C=N–C) groups is 1. The smallest absolute Gasteiger partial charge is 0.202 e. The molecular weight excluding hydrogens is 388 g/mol. The maximum Gasteiger partial charge on any atom is 0.202 e. The molecule has 1 aliphatic carbocycles. The number of allylic oxidation sites excluding steroid dienone is 3. The molecule has 0 spiro atoms. The van der Waals surface area contributed by atoms with Gasteiger partial charge in [0.1, 0.15) is 0 Å². The van der Waals surface area contributed by atoms with Gasteiger partial charge in [-0.05, 0) is 24.3 Å². The lowest BCUT2D eigenvalue weighted by atomic mass is 9.92. The number of hydrogen-bond donors (Lipinski definition) is 1. The first-order valence-corrected chi connectivity index (χ1v) is 9.66. The zero-order valence-corrected chi connectivity index (χ0v) is 16.5. The molecule has 1 aliphatic rings. The number of benzene rings is 3. The van der Waals surface area contributed by atoms with Crippen LogP contribution in [0.3, 0.4) is 0 Å². The van der Waals surface area contributed by atoms with Crippen LogP contribution in [0.4, 0.5) is 5.69 Å². The lowest BCUT2D eigenvalue weighted by Gasteiger charge is -2.15. The Morgan fingerprint density at radius 3 is 1.87 bits per heavy atom. The van der Waals surface area contributed by atoms with E-state index in [-0.39, 0.29) is 22.8 Å². The number of carbonyl (C=O) groups excluding carboxylic acids is 3. The van der Waals surface area contributed by atoms with Crippen molar-refractivity contribution in [3.63, 3.8) is 0 Å². The van der Waals surface area contributed by atoms with Crippen molar-refractivity contribution in [2.75, 3.05) is 0 Å². The van der Waals surface area contributed by atoms with Crippen LogP contribution in [-0.2, 0) is 4.79 Å². The zero-order chi connectivity index (χ0) is 21.8. The Balaban J connectivity index is 1.81. The van der Waals surface area contributed by atoms with Crippen molar-refractivity contribution in [1.82, 2.24) is 0 Å². The van der Waals surface area contributed by atoms with E-state index >= 15 is 0 Å². The predicted octanol–water partition coefficient (Wildman–Crippen LogP) is 4.22. The second-order valence-corrected chi connectivity index (χ2v) is 6.89. The summed E-state index contributed by atoms with van der Waals surface area (Å²) in [7, 11) is 0. The summed E-state index contributed by atoms with van der Waals surface area (Å²) in [6.07, 6.45) is 2.73. The van der Waals surface area contributed by atoms with E-state index in [1.807, 2.05) is 6.07 Å². The van der Waals surface area contributed by atoms with Crippen molar-refractivity contribution in [3.05, 3.63) is 125 Å². The Hall–Kier alpha value is -4.38. The van der Waals surface area contributed by atoms with Crippen LogP contribution in [-0.4, -0.2) is 23.1 Å². The maximum absolute atomic E-state index is 13.1. The van der Waals surface area contributed by atoms with Gasteiger partial charge < -0.3 is 5.73 Å². The first-order valence-electron chi connectivity index (χ1n) is 9.66. The highest BCUT2D eigenvalue weighted by molar-refractivity contribution is 6.37. The minimum Gasteiger partial charge on any atom is -0.395 e. The highest BCUT2D eigenvalue weighted by Gasteiger charge is 2.26. The molecular formula is C26H18N2O3. The normalized spacial score (nSPS) is 14.7. The number of nitrogens with zero attached hydrogens (tertiary/aromatic N) is 1. The molecule has 0 fully saturated rings. The second kappa shape index (κ2) is 8.55. The summed E-state index contributed by atoms with van der Waals surface area (Å²) in [6, 6.07) is 24.3. The molecule has 31 heavy (non-hydrogen) atoms. The third kappa shape index (κ3) is 4.02. The molecule has 0 heterocycles. The Bertz CT molecular complexity index is 1270. The van der Waals surface area contributed by atoms with Crippen LogP contribution in [0.5, 0.6) is 0 Å². The average Bonchev–Trinajstić information content (AvgIpc) is 2.82. The summed E-state index contributed by atoms with van der Waals surface area (Å²) in [5, 5.41) is 0. The molecule has 0 unspecified atom stereocenters. The molecule has 0 saturated heterocycles. The van der Waals surface area contributed by atoms with Gasteiger partial charge in [-0.1, -0.05) is 72.8 Å². The molecule has 0 atom stereocenters. The highest BCUT2D eigenvalue weighted by atomic mass is 16.1. The molecule has 0 amide bonds. The Kier molecular flexibility index (Phi) is 5.49. The standard InChI is InChI=1S/C26H18N2O3/c27-24-22(29)16-15-21(23(24)26(31)18-11-5-2-6-12-18)28-20-14-8-7-13-19(20)25(30)17-9-3-1-4-10-17/h1-16H,27H2. The van der Waals surface area contributed by atoms with E-state index in [9.17, 15) is 14.4 Å². The molecule has 2 N–H and O–H groups in total. The van der Waals surface area contributed by atoms with Crippen molar-refractivity contribution in [1.29, 1.82) is 0 Å². The summed E-state index contributed by atoms with van der Waals surface area (Å²) < 4.78 is 0. The van der Waals surface area contributed by atoms with Crippen LogP contribution >= 0.6 is 0 Å². The van der Waals surface area contributed by atoms with Gasteiger partial charge in [0.25, 0.3) is 0 Å². The van der Waals surface area contributed by atoms with E-state index in [1.165, 1.54) is 12.2 Å². The van der Waals surface area contributed by atoms with E-state index in [0.29, 0.717) is 22.4 Å². The number of carbonyl (C=O) groups is 3. The number of rotatable bonds is 5. The summed E-state index contributed by atoms with van der Waals surface area (Å²) in [6.45, 7) is 0. The molecule has 0 aliphatic heterocycles. The van der Waals surface area contributed by atoms with Gasteiger partial charge in [0.15, 0.2) is 11.6 Å². The summed E-state index contributed by atoms with van der Waals surface area (Å²) in [4.78, 5) is 42.9. The van der Waals surface area contributed by atoms with Crippen LogP contribution in [0.1, 0.15) is 26.3 Å². The van der Waals surface area contributed by atoms with Gasteiger partial charge in [0.05, 0.1) is 22.7 Å². The Morgan fingerprint density at radius 2 is 1.23 bits per heavy atom. The quantitative estimate of drug-likeness (QED) is 0.507. The van der Waals surface area contributed by atoms with Crippen molar-refractivity contribution in [2.24, 2.45) is 10.7 Å². The van der Waals surface area contributed by atoms with Crippen molar-refractivity contribution < 1.29 is 14.4 Å². The van der Waals surface area contributed by atoms with Gasteiger partial charge in [0.2, 0.25) is 5.78 Å². The monoisotopic (exact) mass is 406 g/mol. The minimum atomic E-state index is -0.452. The van der Waals surface area contributed by atoms with Gasteiger partial charge >= 0.3 is 0 Å². The second-order valence-electron chi connectivity index (χ2n) is 6.89. The van der Waals surface area contributed by atoms with E-state index in [2.05, 4.69) is 4.99 Å². The molecule has 0 bridgehead atoms. The fourth-order valence-electron chi connectivity index (χ4n) is 3.29. The van der Waals surface area contributed by atoms with Crippen LogP contribution in [0, 0.1) is 0 Å². The first-order chi connectivity index (χ1) is 15.1. The van der Waals surface area contributed by atoms with E-state index < -0.39 is 11.6 Å². The zero-order valence-electron chi connectivity index (χ0n) is 16.5. The third-order valence-electron chi connectivity index (χ3n) is 4.87. The Morgan fingerprint density at radius 1 is 0.677 bits per heavy atom. The largest absolute Gasteiger partial charge is 0.395 e. The summed E-state index contributed by atoms with van der Waals surface area (Å²) >= 11 is 0. The molecule has 0 saturated carbocycles. The van der Waals surface area contributed by atoms with Gasteiger partial charge in [0, 0.05) is 16.7 Å². The van der Waals surface area contributed by atoms with E-state index in [1.54, 1.807) is 78.9 Å². The number of Topliss-reactive ketones (excluding diaryl/α,β-unsaturated/α-hetero) is 1. The summed E-state index contributed by atoms with van der Waals surface area (Å²) in [5.74, 6) is -1.04. The van der Waals surface area contributed by atoms with Crippen molar-refractivity contribution >= 4 is 28.7 Å². The van der Waals surface area contributed by atoms with Crippen molar-refractivity contribution in [2.45, 2.75) is 0 Å². The van der Waals surface area contributed by atoms with Gasteiger partial charge in [-0.15, -0.1) is 0 Å². The maximum atomic E-state index is 13.1. The SMILES string of the molecule is NC1=C(C(=O)c2ccccc2)C(=Nc2ccccc2C(=O)c2ccccc2)C=CC1=O. The van der Waals surface area contributed by atoms with Crippen LogP contribution in [0.15, 0.2) is 113 Å². The fraction of sp³-hybridized carbons (Fsp3) is 0. The van der Waals surface area contributed by atoms with Gasteiger partial charge in [-0.25, -0.2) is 4.99 Å². The molecule has 4 rings (SSSR count). The Labute approximate surface area is 179 Å². The predicted molar refractivity (Wildman–Crippen MR) is 120 cm³/mol. The lowest BCUT2D eigenvalue weighted by molar-refractivity contribution is -0.111. The minimum absolute atomic E-state index is 0.0284. The molecule has 0 radical (unpaired) electrons. The number of nitrogens with two attached hydrogens (primary N) is 1.